The van der Waals surface area contributed by atoms with E-state index in [2.05, 4.69) is 9.97 Å². The third kappa shape index (κ3) is 2.78. The van der Waals surface area contributed by atoms with Gasteiger partial charge in [0.1, 0.15) is 10.7 Å². The molecule has 0 unspecified atom stereocenters. The lowest BCUT2D eigenvalue weighted by atomic mass is 10.1. The summed E-state index contributed by atoms with van der Waals surface area (Å²) in [6, 6.07) is 1.52. The molecule has 0 bridgehead atoms. The first-order chi connectivity index (χ1) is 11.4. The summed E-state index contributed by atoms with van der Waals surface area (Å²) in [5.41, 5.74) is 0.0601. The van der Waals surface area contributed by atoms with Crippen molar-refractivity contribution < 1.29 is 13.9 Å². The van der Waals surface area contributed by atoms with Crippen LogP contribution in [0.1, 0.15) is 22.8 Å². The average molecular weight is 368 g/mol. The van der Waals surface area contributed by atoms with Gasteiger partial charge < -0.3 is 4.74 Å². The lowest BCUT2D eigenvalue weighted by molar-refractivity contribution is 0.0524. The Morgan fingerprint density at radius 2 is 2.25 bits per heavy atom. The van der Waals surface area contributed by atoms with Crippen molar-refractivity contribution in [3.05, 3.63) is 50.1 Å². The second-order valence-electron chi connectivity index (χ2n) is 4.87. The number of aromatic nitrogens is 3. The standard InChI is InChI=1S/C15H11ClFN3O3S/c1-3-23-14(22)8-6-20(15-18-5-10(17)24-15)13-11(12(8)21)7(2)4-9(16)19-13/h4-6H,3H2,1-2H3. The van der Waals surface area contributed by atoms with Gasteiger partial charge in [0.2, 0.25) is 5.43 Å². The summed E-state index contributed by atoms with van der Waals surface area (Å²) in [7, 11) is 0. The summed E-state index contributed by atoms with van der Waals surface area (Å²) in [5, 5.41) is 0.0973. The average Bonchev–Trinajstić information content (AvgIpc) is 2.93. The van der Waals surface area contributed by atoms with E-state index in [0.29, 0.717) is 5.56 Å². The van der Waals surface area contributed by atoms with Crippen molar-refractivity contribution >= 4 is 39.9 Å². The van der Waals surface area contributed by atoms with Gasteiger partial charge in [0.05, 0.1) is 18.2 Å². The molecule has 24 heavy (non-hydrogen) atoms. The van der Waals surface area contributed by atoms with E-state index in [9.17, 15) is 14.0 Å². The second kappa shape index (κ2) is 6.29. The van der Waals surface area contributed by atoms with E-state index in [0.717, 1.165) is 17.5 Å². The molecule has 0 saturated heterocycles. The topological polar surface area (TPSA) is 74.1 Å². The molecule has 3 aromatic heterocycles. The van der Waals surface area contributed by atoms with Crippen LogP contribution in [-0.2, 0) is 4.74 Å². The van der Waals surface area contributed by atoms with Gasteiger partial charge in [-0.2, -0.15) is 4.39 Å². The fourth-order valence-electron chi connectivity index (χ4n) is 2.31. The number of carbonyl (C=O) groups excluding carboxylic acids is 1. The Morgan fingerprint density at radius 3 is 2.88 bits per heavy atom. The van der Waals surface area contributed by atoms with Crippen molar-refractivity contribution in [2.75, 3.05) is 6.61 Å². The largest absolute Gasteiger partial charge is 0.462 e. The Kier molecular flexibility index (Phi) is 4.33. The summed E-state index contributed by atoms with van der Waals surface area (Å²) < 4.78 is 19.7. The van der Waals surface area contributed by atoms with Gasteiger partial charge in [-0.25, -0.2) is 14.8 Å². The fraction of sp³-hybridized carbons (Fsp3) is 0.200. The molecule has 0 aliphatic rings. The summed E-state index contributed by atoms with van der Waals surface area (Å²) in [6.07, 6.45) is 2.30. The van der Waals surface area contributed by atoms with Crippen molar-refractivity contribution in [2.24, 2.45) is 0 Å². The highest BCUT2D eigenvalue weighted by molar-refractivity contribution is 7.12. The zero-order chi connectivity index (χ0) is 17.4. The summed E-state index contributed by atoms with van der Waals surface area (Å²) in [5.74, 6) is -0.760. The lowest BCUT2D eigenvalue weighted by Gasteiger charge is -2.11. The number of esters is 1. The number of rotatable bonds is 3. The molecule has 3 heterocycles. The lowest BCUT2D eigenvalue weighted by Crippen LogP contribution is -2.21. The molecular formula is C15H11ClFN3O3S. The molecule has 0 saturated carbocycles. The highest BCUT2D eigenvalue weighted by atomic mass is 35.5. The van der Waals surface area contributed by atoms with Gasteiger partial charge in [-0.1, -0.05) is 22.9 Å². The number of thiazole rings is 1. The molecular weight excluding hydrogens is 357 g/mol. The van der Waals surface area contributed by atoms with Gasteiger partial charge in [-0.15, -0.1) is 0 Å². The molecule has 124 valence electrons. The molecule has 0 atom stereocenters. The minimum atomic E-state index is -0.760. The number of halogens is 2. The first-order valence-corrected chi connectivity index (χ1v) is 8.13. The van der Waals surface area contributed by atoms with Gasteiger partial charge in [-0.05, 0) is 25.5 Å². The molecule has 0 aliphatic carbocycles. The molecule has 0 radical (unpaired) electrons. The van der Waals surface area contributed by atoms with E-state index in [1.165, 1.54) is 16.8 Å². The molecule has 0 spiro atoms. The predicted molar refractivity (Wildman–Crippen MR) is 88.7 cm³/mol. The van der Waals surface area contributed by atoms with Crippen molar-refractivity contribution in [1.29, 1.82) is 0 Å². The van der Waals surface area contributed by atoms with Crippen LogP contribution in [-0.4, -0.2) is 27.1 Å². The monoisotopic (exact) mass is 367 g/mol. The van der Waals surface area contributed by atoms with E-state index < -0.39 is 16.5 Å². The maximum atomic E-state index is 13.4. The maximum absolute atomic E-state index is 13.4. The summed E-state index contributed by atoms with van der Waals surface area (Å²) in [6.45, 7) is 3.44. The van der Waals surface area contributed by atoms with Gasteiger partial charge >= 0.3 is 5.97 Å². The first kappa shape index (κ1) is 16.5. The summed E-state index contributed by atoms with van der Waals surface area (Å²) in [4.78, 5) is 32.9. The normalized spacial score (nSPS) is 11.0. The van der Waals surface area contributed by atoms with Gasteiger partial charge in [0, 0.05) is 6.20 Å². The minimum absolute atomic E-state index is 0.125. The smallest absolute Gasteiger partial charge is 0.343 e. The minimum Gasteiger partial charge on any atom is -0.462 e. The molecule has 0 N–H and O–H groups in total. The van der Waals surface area contributed by atoms with E-state index in [-0.39, 0.29) is 33.5 Å². The number of fused-ring (bicyclic) bond motifs is 1. The van der Waals surface area contributed by atoms with Crippen LogP contribution in [0.15, 0.2) is 23.3 Å². The van der Waals surface area contributed by atoms with Crippen molar-refractivity contribution in [2.45, 2.75) is 13.8 Å². The summed E-state index contributed by atoms with van der Waals surface area (Å²) >= 11 is 6.74. The molecule has 6 nitrogen and oxygen atoms in total. The fourth-order valence-corrected chi connectivity index (χ4v) is 3.18. The maximum Gasteiger partial charge on any atom is 0.343 e. The van der Waals surface area contributed by atoms with Crippen LogP contribution >= 0.6 is 22.9 Å². The van der Waals surface area contributed by atoms with Crippen LogP contribution in [0.3, 0.4) is 0 Å². The Bertz CT molecular complexity index is 1020. The van der Waals surface area contributed by atoms with Crippen LogP contribution in [0.2, 0.25) is 5.15 Å². The zero-order valence-electron chi connectivity index (χ0n) is 12.7. The van der Waals surface area contributed by atoms with Crippen molar-refractivity contribution in [1.82, 2.24) is 14.5 Å². The Labute approximate surface area is 144 Å². The van der Waals surface area contributed by atoms with Crippen molar-refractivity contribution in [3.63, 3.8) is 0 Å². The van der Waals surface area contributed by atoms with Crippen LogP contribution in [0.25, 0.3) is 16.2 Å². The molecule has 0 aliphatic heterocycles. The molecule has 0 fully saturated rings. The van der Waals surface area contributed by atoms with Gasteiger partial charge in [0.15, 0.2) is 15.9 Å². The molecule has 0 aromatic carbocycles. The Hall–Kier alpha value is -2.32. The number of pyridine rings is 2. The SMILES string of the molecule is CCOC(=O)c1cn(-c2ncc(F)s2)c2nc(Cl)cc(C)c2c1=O. The third-order valence-electron chi connectivity index (χ3n) is 3.29. The zero-order valence-corrected chi connectivity index (χ0v) is 14.2. The van der Waals surface area contributed by atoms with E-state index in [1.54, 1.807) is 13.8 Å². The predicted octanol–water partition coefficient (Wildman–Crippen LogP) is 3.12. The number of carbonyl (C=O) groups is 1. The first-order valence-electron chi connectivity index (χ1n) is 6.93. The van der Waals surface area contributed by atoms with E-state index >= 15 is 0 Å². The number of aryl methyl sites for hydroxylation is 1. The number of nitrogens with zero attached hydrogens (tertiary/aromatic N) is 3. The Balaban J connectivity index is 2.42. The number of ether oxygens (including phenoxy) is 1. The van der Waals surface area contributed by atoms with Crippen LogP contribution < -0.4 is 5.43 Å². The highest BCUT2D eigenvalue weighted by Gasteiger charge is 2.21. The van der Waals surface area contributed by atoms with E-state index in [4.69, 9.17) is 16.3 Å². The quantitative estimate of drug-likeness (QED) is 0.525. The van der Waals surface area contributed by atoms with Crippen molar-refractivity contribution in [3.8, 4) is 5.13 Å². The van der Waals surface area contributed by atoms with Gasteiger partial charge in [0.25, 0.3) is 0 Å². The Morgan fingerprint density at radius 1 is 1.50 bits per heavy atom. The number of hydrogen-bond donors (Lipinski definition) is 0. The molecule has 3 rings (SSSR count). The highest BCUT2D eigenvalue weighted by Crippen LogP contribution is 2.24. The number of hydrogen-bond acceptors (Lipinski definition) is 6. The second-order valence-corrected chi connectivity index (χ2v) is 6.22. The molecule has 9 heteroatoms. The molecule has 3 aromatic rings. The van der Waals surface area contributed by atoms with E-state index in [1.807, 2.05) is 0 Å². The van der Waals surface area contributed by atoms with Crippen LogP contribution in [0.4, 0.5) is 4.39 Å². The van der Waals surface area contributed by atoms with Gasteiger partial charge in [-0.3, -0.25) is 9.36 Å². The van der Waals surface area contributed by atoms with Crippen LogP contribution in [0.5, 0.6) is 0 Å². The van der Waals surface area contributed by atoms with Crippen LogP contribution in [0, 0.1) is 12.1 Å². The molecule has 0 amide bonds. The third-order valence-corrected chi connectivity index (χ3v) is 4.27.